The van der Waals surface area contributed by atoms with E-state index >= 15 is 0 Å². The summed E-state index contributed by atoms with van der Waals surface area (Å²) in [4.78, 5) is 0. The van der Waals surface area contributed by atoms with Crippen molar-refractivity contribution in [2.45, 2.75) is 180 Å². The first kappa shape index (κ1) is 38.3. The van der Waals surface area contributed by atoms with Gasteiger partial charge in [0.25, 0.3) is 0 Å². The van der Waals surface area contributed by atoms with Crippen molar-refractivity contribution < 1.29 is 22.4 Å². The lowest BCUT2D eigenvalue weighted by Gasteiger charge is -2.50. The highest BCUT2D eigenvalue weighted by molar-refractivity contribution is 6.75. The second-order valence-corrected chi connectivity index (χ2v) is 37.2. The summed E-state index contributed by atoms with van der Waals surface area (Å²) >= 11 is 0. The third kappa shape index (κ3) is 9.37. The summed E-state index contributed by atoms with van der Waals surface area (Å²) in [5, 5.41) is 0.290. The molecule has 1 heterocycles. The van der Waals surface area contributed by atoms with Crippen LogP contribution in [0.4, 0.5) is 0 Å². The summed E-state index contributed by atoms with van der Waals surface area (Å²) in [6, 6.07) is 0. The fraction of sp³-hybridized carbons (Fsp3) is 0.935. The quantitative estimate of drug-likeness (QED) is 0.224. The van der Waals surface area contributed by atoms with Gasteiger partial charge in [0.1, 0.15) is 12.2 Å². The second-order valence-electron chi connectivity index (χ2n) is 18.1. The molecular weight excluding hydrogens is 565 g/mol. The van der Waals surface area contributed by atoms with E-state index in [1.165, 1.54) is 0 Å². The van der Waals surface area contributed by atoms with Crippen LogP contribution < -0.4 is 0 Å². The lowest BCUT2D eigenvalue weighted by Crippen LogP contribution is -2.61. The molecule has 0 aromatic rings. The lowest BCUT2D eigenvalue weighted by atomic mass is 10.0. The molecule has 0 saturated heterocycles. The molecule has 0 aromatic heterocycles. The molecule has 0 saturated carbocycles. The third-order valence-corrected chi connectivity index (χ3v) is 28.6. The Morgan fingerprint density at radius 1 is 0.600 bits per heavy atom. The molecule has 0 N–H and O–H groups in total. The summed E-state index contributed by atoms with van der Waals surface area (Å²) in [6.45, 7) is 46.5. The zero-order chi connectivity index (χ0) is 32.0. The summed E-state index contributed by atoms with van der Waals surface area (Å²) in [6.07, 6.45) is 2.84. The van der Waals surface area contributed by atoms with E-state index in [1.54, 1.807) is 0 Å². The predicted molar refractivity (Wildman–Crippen MR) is 183 cm³/mol. The monoisotopic (exact) mass is 632 g/mol. The molecule has 40 heavy (non-hydrogen) atoms. The van der Waals surface area contributed by atoms with Crippen molar-refractivity contribution in [2.24, 2.45) is 0 Å². The third-order valence-electron chi connectivity index (χ3n) is 10.7. The number of hydrogen-bond donors (Lipinski definition) is 0. The first-order valence-corrected chi connectivity index (χ1v) is 27.0. The number of ether oxygens (including phenoxy) is 1. The molecule has 9 heteroatoms. The van der Waals surface area contributed by atoms with E-state index in [4.69, 9.17) is 22.4 Å². The molecule has 0 aliphatic carbocycles. The van der Waals surface area contributed by atoms with E-state index < -0.39 is 33.3 Å². The van der Waals surface area contributed by atoms with Crippen LogP contribution in [0.25, 0.3) is 0 Å². The normalized spacial score (nSPS) is 23.2. The highest BCUT2D eigenvalue weighted by atomic mass is 28.4. The molecule has 1 rings (SSSR count). The average molecular weight is 633 g/mol. The molecule has 1 aliphatic rings. The van der Waals surface area contributed by atoms with Gasteiger partial charge < -0.3 is 22.4 Å². The van der Waals surface area contributed by atoms with Crippen LogP contribution in [0.5, 0.6) is 0 Å². The van der Waals surface area contributed by atoms with Crippen LogP contribution >= 0.6 is 0 Å². The van der Waals surface area contributed by atoms with Crippen molar-refractivity contribution in [1.82, 2.24) is 0 Å². The highest BCUT2D eigenvalue weighted by Gasteiger charge is 2.52. The van der Waals surface area contributed by atoms with Gasteiger partial charge in [-0.05, 0) is 78.6 Å². The smallest absolute Gasteiger partial charge is 0.193 e. The maximum absolute atomic E-state index is 7.26. The molecule has 0 bridgehead atoms. The fourth-order valence-corrected chi connectivity index (χ4v) is 8.29. The Morgan fingerprint density at radius 3 is 1.40 bits per heavy atom. The minimum Gasteiger partial charge on any atom is -0.493 e. The van der Waals surface area contributed by atoms with Crippen LogP contribution in [0.15, 0.2) is 12.3 Å². The highest BCUT2D eigenvalue weighted by Crippen LogP contribution is 2.44. The Balaban J connectivity index is 3.67. The Labute approximate surface area is 254 Å². The Kier molecular flexibility index (Phi) is 11.8. The van der Waals surface area contributed by atoms with Gasteiger partial charge in [-0.15, -0.1) is 0 Å². The van der Waals surface area contributed by atoms with Crippen molar-refractivity contribution >= 4 is 33.3 Å². The second kappa shape index (κ2) is 12.3. The lowest BCUT2D eigenvalue weighted by molar-refractivity contribution is -0.106. The molecule has 238 valence electrons. The number of rotatable bonds is 10. The Morgan fingerprint density at radius 2 is 1.00 bits per heavy atom. The van der Waals surface area contributed by atoms with Crippen LogP contribution in [-0.2, 0) is 22.4 Å². The molecule has 0 radical (unpaired) electrons. The van der Waals surface area contributed by atoms with Gasteiger partial charge in [-0.25, -0.2) is 0 Å². The Bertz CT molecular complexity index is 855. The molecule has 0 spiro atoms. The molecular formula is C31H68O5Si4. The predicted octanol–water partition coefficient (Wildman–Crippen LogP) is 10.1. The molecule has 1 aliphatic heterocycles. The molecule has 0 fully saturated rings. The van der Waals surface area contributed by atoms with Crippen molar-refractivity contribution in [1.29, 1.82) is 0 Å². The summed E-state index contributed by atoms with van der Waals surface area (Å²) in [5.41, 5.74) is 0. The maximum atomic E-state index is 7.26. The van der Waals surface area contributed by atoms with Crippen molar-refractivity contribution in [3.8, 4) is 0 Å². The minimum absolute atomic E-state index is 0.0493. The molecule has 0 aromatic carbocycles. The SMILES string of the molecule is CC(C)(C)[Si](C)(C)OC[C@H](O[Si](C)(C)C(C)(C)C)[C@H]1OC=C[C@@H](O[Si](C)(C)C(C)(C)C)[C@@H]1O[Si](C)(C)C(C)(C)C. The van der Waals surface area contributed by atoms with Gasteiger partial charge in [0.2, 0.25) is 0 Å². The zero-order valence-electron chi connectivity index (χ0n) is 30.2. The summed E-state index contributed by atoms with van der Waals surface area (Å²) in [7, 11) is -8.47. The van der Waals surface area contributed by atoms with Gasteiger partial charge in [-0.2, -0.15) is 0 Å². The van der Waals surface area contributed by atoms with E-state index in [1.807, 2.05) is 6.26 Å². The van der Waals surface area contributed by atoms with Crippen LogP contribution in [-0.4, -0.2) is 64.3 Å². The maximum Gasteiger partial charge on any atom is 0.193 e. The summed E-state index contributed by atoms with van der Waals surface area (Å²) in [5.74, 6) is 0. The van der Waals surface area contributed by atoms with Crippen LogP contribution in [0.2, 0.25) is 72.5 Å². The molecule has 5 nitrogen and oxygen atoms in total. The topological polar surface area (TPSA) is 46.2 Å². The standard InChI is InChI=1S/C31H68O5Si4/c1-28(2,3)37(13,14)33-23-25(35-39(17,18)30(7,8)9)26-27(36-40(19,20)31(10,11)12)24(21-22-32-26)34-38(15,16)29(4,5)6/h21-22,24-27H,23H2,1-20H3/t24-,25+,26-,27+/m1/s1. The van der Waals surface area contributed by atoms with Crippen LogP contribution in [0.3, 0.4) is 0 Å². The average Bonchev–Trinajstić information content (AvgIpc) is 2.68. The van der Waals surface area contributed by atoms with Gasteiger partial charge in [-0.3, -0.25) is 0 Å². The van der Waals surface area contributed by atoms with Crippen LogP contribution in [0.1, 0.15) is 83.1 Å². The number of hydrogen-bond acceptors (Lipinski definition) is 5. The van der Waals surface area contributed by atoms with Crippen molar-refractivity contribution in [2.75, 3.05) is 6.61 Å². The van der Waals surface area contributed by atoms with Crippen LogP contribution in [0, 0.1) is 0 Å². The van der Waals surface area contributed by atoms with E-state index in [0.29, 0.717) is 6.61 Å². The van der Waals surface area contributed by atoms with E-state index in [0.717, 1.165) is 0 Å². The first-order valence-electron chi connectivity index (χ1n) is 15.4. The van der Waals surface area contributed by atoms with Crippen molar-refractivity contribution in [3.05, 3.63) is 12.3 Å². The molecule has 0 amide bonds. The molecule has 4 atom stereocenters. The fourth-order valence-electron chi connectivity index (χ4n) is 3.42. The van der Waals surface area contributed by atoms with Gasteiger partial charge in [0.05, 0.1) is 19.0 Å². The van der Waals surface area contributed by atoms with E-state index in [9.17, 15) is 0 Å². The largest absolute Gasteiger partial charge is 0.493 e. The van der Waals surface area contributed by atoms with Gasteiger partial charge in [0.15, 0.2) is 39.4 Å². The Hall–Kier alpha value is 0.248. The van der Waals surface area contributed by atoms with Gasteiger partial charge in [-0.1, -0.05) is 83.1 Å². The zero-order valence-corrected chi connectivity index (χ0v) is 34.2. The van der Waals surface area contributed by atoms with E-state index in [-0.39, 0.29) is 44.6 Å². The van der Waals surface area contributed by atoms with Crippen molar-refractivity contribution in [3.63, 3.8) is 0 Å². The summed E-state index contributed by atoms with van der Waals surface area (Å²) < 4.78 is 34.9. The minimum atomic E-state index is -2.18. The van der Waals surface area contributed by atoms with Gasteiger partial charge >= 0.3 is 0 Å². The van der Waals surface area contributed by atoms with E-state index in [2.05, 4.69) is 142 Å². The molecule has 0 unspecified atom stereocenters. The van der Waals surface area contributed by atoms with Gasteiger partial charge in [0, 0.05) is 0 Å². The first-order chi connectivity index (χ1) is 17.4.